The minimum Gasteiger partial charge on any atom is -0.356 e. The van der Waals surface area contributed by atoms with Crippen LogP contribution in [0.4, 0.5) is 5.69 Å². The van der Waals surface area contributed by atoms with Gasteiger partial charge in [-0.1, -0.05) is 45.4 Å². The van der Waals surface area contributed by atoms with Gasteiger partial charge < -0.3 is 10.6 Å². The fourth-order valence-corrected chi connectivity index (χ4v) is 2.85. The topological polar surface area (TPSA) is 58.2 Å². The lowest BCUT2D eigenvalue weighted by Gasteiger charge is -2.16. The molecule has 4 nitrogen and oxygen atoms in total. The van der Waals surface area contributed by atoms with Crippen molar-refractivity contribution in [2.45, 2.75) is 52.9 Å². The molecule has 0 radical (unpaired) electrons. The van der Waals surface area contributed by atoms with Crippen molar-refractivity contribution < 1.29 is 9.59 Å². The van der Waals surface area contributed by atoms with Crippen LogP contribution in [0.15, 0.2) is 18.2 Å². The third-order valence-corrected chi connectivity index (χ3v) is 4.47. The van der Waals surface area contributed by atoms with E-state index < -0.39 is 0 Å². The molecule has 2 atom stereocenters. The standard InChI is InChI=1S/C19H28N2O2/c1-5-6-10-20-18(22)15-11-16(15)19(23)21-17-13(4)8-7-9-14(17)12(2)3/h7-9,12,15-16H,5-6,10-11H2,1-4H3,(H,20,22)(H,21,23). The van der Waals surface area contributed by atoms with Crippen molar-refractivity contribution in [3.8, 4) is 0 Å². The highest BCUT2D eigenvalue weighted by Gasteiger charge is 2.48. The molecule has 1 aliphatic rings. The van der Waals surface area contributed by atoms with Crippen LogP contribution < -0.4 is 10.6 Å². The maximum absolute atomic E-state index is 12.5. The van der Waals surface area contributed by atoms with E-state index in [1.807, 2.05) is 19.1 Å². The lowest BCUT2D eigenvalue weighted by molar-refractivity contribution is -0.125. The van der Waals surface area contributed by atoms with Crippen LogP contribution in [-0.2, 0) is 9.59 Å². The first kappa shape index (κ1) is 17.5. The summed E-state index contributed by atoms with van der Waals surface area (Å²) in [6, 6.07) is 6.07. The summed E-state index contributed by atoms with van der Waals surface area (Å²) in [7, 11) is 0. The molecule has 0 aliphatic heterocycles. The second-order valence-corrected chi connectivity index (χ2v) is 6.78. The van der Waals surface area contributed by atoms with Gasteiger partial charge in [0.2, 0.25) is 11.8 Å². The SMILES string of the molecule is CCCCNC(=O)C1CC1C(=O)Nc1c(C)cccc1C(C)C. The Hall–Kier alpha value is -1.84. The number of para-hydroxylation sites is 1. The van der Waals surface area contributed by atoms with E-state index in [4.69, 9.17) is 0 Å². The third-order valence-electron chi connectivity index (χ3n) is 4.47. The Morgan fingerprint density at radius 1 is 1.22 bits per heavy atom. The Balaban J connectivity index is 1.96. The van der Waals surface area contributed by atoms with Crippen molar-refractivity contribution in [2.75, 3.05) is 11.9 Å². The number of aryl methyl sites for hydroxylation is 1. The van der Waals surface area contributed by atoms with Crippen LogP contribution >= 0.6 is 0 Å². The first-order chi connectivity index (χ1) is 11.0. The molecule has 1 aromatic rings. The number of rotatable bonds is 7. The molecule has 0 spiro atoms. The van der Waals surface area contributed by atoms with Gasteiger partial charge in [0.15, 0.2) is 0 Å². The second kappa shape index (κ2) is 7.62. The molecule has 23 heavy (non-hydrogen) atoms. The Morgan fingerprint density at radius 2 is 1.91 bits per heavy atom. The van der Waals surface area contributed by atoms with E-state index in [1.165, 1.54) is 0 Å². The summed E-state index contributed by atoms with van der Waals surface area (Å²) in [5.74, 6) is -0.00327. The Bertz CT molecular complexity index is 581. The Kier molecular flexibility index (Phi) is 5.80. The molecular formula is C19H28N2O2. The molecule has 4 heteroatoms. The largest absolute Gasteiger partial charge is 0.356 e. The first-order valence-corrected chi connectivity index (χ1v) is 8.63. The van der Waals surface area contributed by atoms with Gasteiger partial charge in [0.25, 0.3) is 0 Å². The monoisotopic (exact) mass is 316 g/mol. The van der Waals surface area contributed by atoms with Gasteiger partial charge in [-0.05, 0) is 36.8 Å². The average Bonchev–Trinajstić information content (AvgIpc) is 3.29. The number of nitrogens with one attached hydrogen (secondary N) is 2. The van der Waals surface area contributed by atoms with Gasteiger partial charge in [-0.15, -0.1) is 0 Å². The van der Waals surface area contributed by atoms with Crippen LogP contribution in [0.1, 0.15) is 57.1 Å². The van der Waals surface area contributed by atoms with E-state index in [-0.39, 0.29) is 23.7 Å². The minimum atomic E-state index is -0.184. The van der Waals surface area contributed by atoms with Crippen LogP contribution in [0.25, 0.3) is 0 Å². The number of amides is 2. The van der Waals surface area contributed by atoms with E-state index in [1.54, 1.807) is 0 Å². The smallest absolute Gasteiger partial charge is 0.228 e. The lowest BCUT2D eigenvalue weighted by Crippen LogP contribution is -2.28. The molecule has 2 amide bonds. The van der Waals surface area contributed by atoms with Gasteiger partial charge in [0, 0.05) is 12.2 Å². The molecule has 0 aromatic heterocycles. The summed E-state index contributed by atoms with van der Waals surface area (Å²) >= 11 is 0. The normalized spacial score (nSPS) is 19.5. The summed E-state index contributed by atoms with van der Waals surface area (Å²) in [5, 5.41) is 5.97. The highest BCUT2D eigenvalue weighted by Crippen LogP contribution is 2.40. The van der Waals surface area contributed by atoms with Crippen molar-refractivity contribution in [3.05, 3.63) is 29.3 Å². The summed E-state index contributed by atoms with van der Waals surface area (Å²) in [6.45, 7) is 9.03. The van der Waals surface area contributed by atoms with Crippen LogP contribution in [0, 0.1) is 18.8 Å². The lowest BCUT2D eigenvalue weighted by atomic mass is 9.98. The Labute approximate surface area is 139 Å². The summed E-state index contributed by atoms with van der Waals surface area (Å²) in [4.78, 5) is 24.5. The quantitative estimate of drug-likeness (QED) is 0.755. The fourth-order valence-electron chi connectivity index (χ4n) is 2.85. The Morgan fingerprint density at radius 3 is 2.57 bits per heavy atom. The van der Waals surface area contributed by atoms with E-state index in [0.29, 0.717) is 18.9 Å². The number of unbranched alkanes of at least 4 members (excludes halogenated alkanes) is 1. The number of hydrogen-bond donors (Lipinski definition) is 2. The van der Waals surface area contributed by atoms with E-state index in [0.717, 1.165) is 29.7 Å². The van der Waals surface area contributed by atoms with Crippen molar-refractivity contribution in [1.82, 2.24) is 5.32 Å². The second-order valence-electron chi connectivity index (χ2n) is 6.78. The number of carbonyl (C=O) groups is 2. The van der Waals surface area contributed by atoms with Gasteiger partial charge in [-0.2, -0.15) is 0 Å². The highest BCUT2D eigenvalue weighted by molar-refractivity contribution is 6.00. The zero-order valence-corrected chi connectivity index (χ0v) is 14.6. The summed E-state index contributed by atoms with van der Waals surface area (Å²) in [6.07, 6.45) is 2.70. The summed E-state index contributed by atoms with van der Waals surface area (Å²) < 4.78 is 0. The maximum Gasteiger partial charge on any atom is 0.228 e. The van der Waals surface area contributed by atoms with Gasteiger partial charge in [-0.3, -0.25) is 9.59 Å². The summed E-state index contributed by atoms with van der Waals surface area (Å²) in [5.41, 5.74) is 3.11. The molecule has 2 unspecified atom stereocenters. The van der Waals surface area contributed by atoms with Crippen molar-refractivity contribution in [3.63, 3.8) is 0 Å². The van der Waals surface area contributed by atoms with Gasteiger partial charge in [-0.25, -0.2) is 0 Å². The van der Waals surface area contributed by atoms with E-state index >= 15 is 0 Å². The molecule has 1 aliphatic carbocycles. The molecular weight excluding hydrogens is 288 g/mol. The molecule has 1 fully saturated rings. The van der Waals surface area contributed by atoms with Crippen molar-refractivity contribution in [2.24, 2.45) is 11.8 Å². The van der Waals surface area contributed by atoms with Crippen LogP contribution in [-0.4, -0.2) is 18.4 Å². The molecule has 0 bridgehead atoms. The number of anilines is 1. The molecule has 2 N–H and O–H groups in total. The highest BCUT2D eigenvalue weighted by atomic mass is 16.2. The molecule has 0 heterocycles. The van der Waals surface area contributed by atoms with Crippen molar-refractivity contribution >= 4 is 17.5 Å². The molecule has 2 rings (SSSR count). The molecule has 126 valence electrons. The first-order valence-electron chi connectivity index (χ1n) is 8.63. The fraction of sp³-hybridized carbons (Fsp3) is 0.579. The zero-order chi connectivity index (χ0) is 17.0. The predicted octanol–water partition coefficient (Wildman–Crippen LogP) is 3.61. The number of benzene rings is 1. The average molecular weight is 316 g/mol. The molecule has 1 aromatic carbocycles. The predicted molar refractivity (Wildman–Crippen MR) is 93.4 cm³/mol. The molecule has 1 saturated carbocycles. The van der Waals surface area contributed by atoms with Crippen LogP contribution in [0.2, 0.25) is 0 Å². The van der Waals surface area contributed by atoms with Crippen molar-refractivity contribution in [1.29, 1.82) is 0 Å². The van der Waals surface area contributed by atoms with Gasteiger partial charge in [0.05, 0.1) is 11.8 Å². The number of carbonyl (C=O) groups excluding carboxylic acids is 2. The van der Waals surface area contributed by atoms with Gasteiger partial charge in [0.1, 0.15) is 0 Å². The van der Waals surface area contributed by atoms with Gasteiger partial charge >= 0.3 is 0 Å². The van der Waals surface area contributed by atoms with E-state index in [9.17, 15) is 9.59 Å². The molecule has 0 saturated heterocycles. The van der Waals surface area contributed by atoms with Crippen LogP contribution in [0.5, 0.6) is 0 Å². The minimum absolute atomic E-state index is 0.0208. The third kappa shape index (κ3) is 4.34. The maximum atomic E-state index is 12.5. The van der Waals surface area contributed by atoms with Crippen LogP contribution in [0.3, 0.4) is 0 Å². The zero-order valence-electron chi connectivity index (χ0n) is 14.6. The number of hydrogen-bond acceptors (Lipinski definition) is 2. The van der Waals surface area contributed by atoms with E-state index in [2.05, 4.69) is 37.5 Å².